The summed E-state index contributed by atoms with van der Waals surface area (Å²) >= 11 is 0. The molecule has 4 rings (SSSR count). The normalized spacial score (nSPS) is 17.3. The van der Waals surface area contributed by atoms with Gasteiger partial charge in [-0.2, -0.15) is 4.98 Å². The molecule has 0 unspecified atom stereocenters. The van der Waals surface area contributed by atoms with Crippen LogP contribution < -0.4 is 4.90 Å². The standard InChI is InChI=1S/C18H22N6O2.2ClH/c1-26-10-9-23-5-7-24(8-6-23)18-21-15(17(25)22-18)11-13-12-20-16-14(13)3-2-4-19-16;;/h2-4,11-12,25H,5-10H2,1H3,(H,21,22);2*1H/b13-11+;;. The molecule has 0 amide bonds. The van der Waals surface area contributed by atoms with Crippen LogP contribution in [-0.2, 0) is 4.74 Å². The number of imidazole rings is 1. The molecule has 10 heteroatoms. The summed E-state index contributed by atoms with van der Waals surface area (Å²) < 4.78 is 5.14. The molecule has 0 radical (unpaired) electrons. The third-order valence-corrected chi connectivity index (χ3v) is 4.71. The van der Waals surface area contributed by atoms with E-state index in [1.165, 1.54) is 0 Å². The van der Waals surface area contributed by atoms with E-state index < -0.39 is 0 Å². The van der Waals surface area contributed by atoms with E-state index in [1.807, 2.05) is 18.2 Å². The molecule has 1 saturated heterocycles. The van der Waals surface area contributed by atoms with Crippen molar-refractivity contribution in [1.29, 1.82) is 0 Å². The van der Waals surface area contributed by atoms with Gasteiger partial charge in [0.1, 0.15) is 5.69 Å². The van der Waals surface area contributed by atoms with E-state index in [4.69, 9.17) is 4.74 Å². The van der Waals surface area contributed by atoms with E-state index in [1.54, 1.807) is 19.5 Å². The molecule has 28 heavy (non-hydrogen) atoms. The SMILES string of the molecule is COCCN1CCN(c2nc(O)c(/C=C3\C=Nc4ncccc43)[nH]2)CC1.Cl.Cl. The van der Waals surface area contributed by atoms with Gasteiger partial charge in [-0.1, -0.05) is 0 Å². The van der Waals surface area contributed by atoms with E-state index in [2.05, 4.69) is 29.7 Å². The molecule has 2 N–H and O–H groups in total. The Morgan fingerprint density at radius 1 is 1.25 bits per heavy atom. The third kappa shape index (κ3) is 4.64. The Hall–Kier alpha value is -2.13. The summed E-state index contributed by atoms with van der Waals surface area (Å²) in [6.07, 6.45) is 5.33. The predicted octanol–water partition coefficient (Wildman–Crippen LogP) is 2.38. The van der Waals surface area contributed by atoms with E-state index >= 15 is 0 Å². The minimum absolute atomic E-state index is 0. The van der Waals surface area contributed by atoms with Crippen molar-refractivity contribution in [2.45, 2.75) is 0 Å². The topological polar surface area (TPSA) is 89.9 Å². The van der Waals surface area contributed by atoms with Crippen LogP contribution in [0.2, 0.25) is 0 Å². The number of hydrogen-bond acceptors (Lipinski definition) is 7. The first kappa shape index (κ1) is 22.2. The molecule has 0 atom stereocenters. The summed E-state index contributed by atoms with van der Waals surface area (Å²) in [7, 11) is 1.72. The Balaban J connectivity index is 0.00000140. The molecule has 0 aliphatic carbocycles. The van der Waals surface area contributed by atoms with E-state index in [0.29, 0.717) is 17.5 Å². The second kappa shape index (κ2) is 9.88. The summed E-state index contributed by atoms with van der Waals surface area (Å²) in [6.45, 7) is 5.32. The number of piperazine rings is 1. The van der Waals surface area contributed by atoms with Crippen molar-refractivity contribution in [2.75, 3.05) is 51.3 Å². The average molecular weight is 427 g/mol. The van der Waals surface area contributed by atoms with Gasteiger partial charge in [0, 0.05) is 63.4 Å². The van der Waals surface area contributed by atoms with Crippen molar-refractivity contribution < 1.29 is 9.84 Å². The zero-order chi connectivity index (χ0) is 17.9. The third-order valence-electron chi connectivity index (χ3n) is 4.71. The van der Waals surface area contributed by atoms with Gasteiger partial charge in [0.05, 0.1) is 6.61 Å². The van der Waals surface area contributed by atoms with Crippen LogP contribution in [0.15, 0.2) is 23.3 Å². The lowest BCUT2D eigenvalue weighted by molar-refractivity contribution is 0.144. The lowest BCUT2D eigenvalue weighted by Gasteiger charge is -2.34. The number of pyridine rings is 1. The van der Waals surface area contributed by atoms with Crippen LogP contribution in [0.5, 0.6) is 5.88 Å². The number of aliphatic imine (C=N–C) groups is 1. The van der Waals surface area contributed by atoms with Crippen molar-refractivity contribution >= 4 is 54.4 Å². The molecule has 0 saturated carbocycles. The summed E-state index contributed by atoms with van der Waals surface area (Å²) in [6, 6.07) is 3.84. The Morgan fingerprint density at radius 2 is 2.04 bits per heavy atom. The molecule has 0 aromatic carbocycles. The summed E-state index contributed by atoms with van der Waals surface area (Å²) in [5.41, 5.74) is 2.44. The first-order chi connectivity index (χ1) is 12.7. The second-order valence-corrected chi connectivity index (χ2v) is 6.35. The highest BCUT2D eigenvalue weighted by atomic mass is 35.5. The lowest BCUT2D eigenvalue weighted by Crippen LogP contribution is -2.47. The van der Waals surface area contributed by atoms with Gasteiger partial charge in [-0.05, 0) is 18.2 Å². The molecular weight excluding hydrogens is 403 g/mol. The number of fused-ring (bicyclic) bond motifs is 1. The fourth-order valence-corrected chi connectivity index (χ4v) is 3.21. The van der Waals surface area contributed by atoms with Crippen LogP contribution >= 0.6 is 24.8 Å². The molecule has 8 nitrogen and oxygen atoms in total. The monoisotopic (exact) mass is 426 g/mol. The number of anilines is 1. The number of hydrogen-bond donors (Lipinski definition) is 2. The van der Waals surface area contributed by atoms with Gasteiger partial charge in [0.15, 0.2) is 5.82 Å². The average Bonchev–Trinajstić information content (AvgIpc) is 3.25. The number of nitrogens with one attached hydrogen (secondary N) is 1. The van der Waals surface area contributed by atoms with Gasteiger partial charge in [-0.15, -0.1) is 24.8 Å². The lowest BCUT2D eigenvalue weighted by atomic mass is 10.1. The van der Waals surface area contributed by atoms with Crippen molar-refractivity contribution in [1.82, 2.24) is 19.9 Å². The summed E-state index contributed by atoms with van der Waals surface area (Å²) in [4.78, 5) is 20.6. The second-order valence-electron chi connectivity index (χ2n) is 6.35. The number of halogens is 2. The van der Waals surface area contributed by atoms with Crippen LogP contribution in [0.1, 0.15) is 11.3 Å². The molecule has 2 aliphatic rings. The number of aromatic hydroxyl groups is 1. The number of rotatable bonds is 5. The fraction of sp³-hybridized carbons (Fsp3) is 0.389. The zero-order valence-electron chi connectivity index (χ0n) is 15.5. The highest BCUT2D eigenvalue weighted by Gasteiger charge is 2.21. The highest BCUT2D eigenvalue weighted by Crippen LogP contribution is 2.32. The Morgan fingerprint density at radius 3 is 2.79 bits per heavy atom. The van der Waals surface area contributed by atoms with Crippen molar-refractivity contribution in [3.8, 4) is 5.88 Å². The molecule has 2 aliphatic heterocycles. The maximum absolute atomic E-state index is 10.2. The highest BCUT2D eigenvalue weighted by molar-refractivity contribution is 6.20. The predicted molar refractivity (Wildman–Crippen MR) is 116 cm³/mol. The Labute approximate surface area is 176 Å². The number of nitrogens with zero attached hydrogens (tertiary/aromatic N) is 5. The molecule has 152 valence electrons. The van der Waals surface area contributed by atoms with Crippen LogP contribution in [0.25, 0.3) is 11.6 Å². The van der Waals surface area contributed by atoms with Crippen LogP contribution in [0.4, 0.5) is 11.8 Å². The van der Waals surface area contributed by atoms with E-state index in [0.717, 1.165) is 50.5 Å². The van der Waals surface area contributed by atoms with Gasteiger partial charge >= 0.3 is 0 Å². The first-order valence-electron chi connectivity index (χ1n) is 8.71. The van der Waals surface area contributed by atoms with Gasteiger partial charge < -0.3 is 19.7 Å². The van der Waals surface area contributed by atoms with Crippen LogP contribution in [0.3, 0.4) is 0 Å². The van der Waals surface area contributed by atoms with E-state index in [-0.39, 0.29) is 30.7 Å². The smallest absolute Gasteiger partial charge is 0.238 e. The summed E-state index contributed by atoms with van der Waals surface area (Å²) in [5.74, 6) is 1.40. The quantitative estimate of drug-likeness (QED) is 0.762. The number of methoxy groups -OCH3 is 1. The minimum Gasteiger partial charge on any atom is -0.492 e. The maximum atomic E-state index is 10.2. The molecule has 1 fully saturated rings. The maximum Gasteiger partial charge on any atom is 0.238 e. The van der Waals surface area contributed by atoms with Gasteiger partial charge in [0.25, 0.3) is 0 Å². The van der Waals surface area contributed by atoms with Gasteiger partial charge in [0.2, 0.25) is 11.8 Å². The van der Waals surface area contributed by atoms with Gasteiger partial charge in [-0.3, -0.25) is 4.90 Å². The largest absolute Gasteiger partial charge is 0.492 e. The number of H-pyrrole nitrogens is 1. The molecule has 0 bridgehead atoms. The number of ether oxygens (including phenoxy) is 1. The van der Waals surface area contributed by atoms with E-state index in [9.17, 15) is 5.11 Å². The zero-order valence-corrected chi connectivity index (χ0v) is 17.2. The Bertz CT molecular complexity index is 846. The number of aromatic amines is 1. The molecule has 2 aromatic rings. The van der Waals surface area contributed by atoms with Crippen LogP contribution in [0, 0.1) is 0 Å². The molecule has 2 aromatic heterocycles. The first-order valence-corrected chi connectivity index (χ1v) is 8.71. The van der Waals surface area contributed by atoms with Crippen molar-refractivity contribution in [3.05, 3.63) is 29.6 Å². The van der Waals surface area contributed by atoms with Crippen molar-refractivity contribution in [2.24, 2.45) is 4.99 Å². The van der Waals surface area contributed by atoms with Crippen molar-refractivity contribution in [3.63, 3.8) is 0 Å². The number of allylic oxidation sites excluding steroid dienone is 1. The Kier molecular flexibility index (Phi) is 7.82. The minimum atomic E-state index is 0. The molecule has 4 heterocycles. The molecular formula is C18H24Cl2N6O2. The number of aromatic nitrogens is 3. The van der Waals surface area contributed by atoms with Gasteiger partial charge in [-0.25, -0.2) is 9.98 Å². The molecule has 0 spiro atoms. The van der Waals surface area contributed by atoms with Crippen LogP contribution in [-0.4, -0.2) is 77.6 Å². The fourth-order valence-electron chi connectivity index (χ4n) is 3.21. The summed E-state index contributed by atoms with van der Waals surface area (Å²) in [5, 5.41) is 10.2.